The Hall–Kier alpha value is -1.14. The van der Waals surface area contributed by atoms with E-state index in [0.717, 1.165) is 22.3 Å². The molecule has 0 fully saturated rings. The highest BCUT2D eigenvalue weighted by Gasteiger charge is 2.34. The van der Waals surface area contributed by atoms with Gasteiger partial charge < -0.3 is 4.74 Å². The quantitative estimate of drug-likeness (QED) is 0.474. The molecule has 0 aliphatic carbocycles. The van der Waals surface area contributed by atoms with Crippen molar-refractivity contribution < 1.29 is 9.53 Å². The molecule has 0 saturated heterocycles. The van der Waals surface area contributed by atoms with E-state index in [1.54, 1.807) is 11.8 Å². The summed E-state index contributed by atoms with van der Waals surface area (Å²) in [6, 6.07) is 2.15. The fourth-order valence-electron chi connectivity index (χ4n) is 2.20. The Morgan fingerprint density at radius 3 is 2.43 bits per heavy atom. The maximum absolute atomic E-state index is 12.0. The van der Waals surface area contributed by atoms with E-state index in [-0.39, 0.29) is 12.0 Å². The standard InChI is InChI=1S/C15H25N3O2S/c1-10(2)18-15(5,13(19)20-6)7-8-21-14-16-11(3)9-12(4)17-14/h9-10,18H,7-8H2,1-6H3. The molecule has 0 spiro atoms. The van der Waals surface area contributed by atoms with E-state index >= 15 is 0 Å². The van der Waals surface area contributed by atoms with Crippen LogP contribution in [0, 0.1) is 13.8 Å². The summed E-state index contributed by atoms with van der Waals surface area (Å²) in [7, 11) is 1.42. The van der Waals surface area contributed by atoms with Gasteiger partial charge in [-0.2, -0.15) is 0 Å². The first-order valence-electron chi connectivity index (χ1n) is 7.08. The van der Waals surface area contributed by atoms with Crippen LogP contribution in [0.2, 0.25) is 0 Å². The molecule has 0 aliphatic heterocycles. The third-order valence-electron chi connectivity index (χ3n) is 3.04. The van der Waals surface area contributed by atoms with Crippen molar-refractivity contribution in [3.05, 3.63) is 17.5 Å². The van der Waals surface area contributed by atoms with Crippen molar-refractivity contribution in [2.24, 2.45) is 0 Å². The lowest BCUT2D eigenvalue weighted by atomic mass is 9.98. The van der Waals surface area contributed by atoms with E-state index in [1.807, 2.05) is 40.7 Å². The number of carbonyl (C=O) groups excluding carboxylic acids is 1. The minimum Gasteiger partial charge on any atom is -0.468 e. The van der Waals surface area contributed by atoms with Crippen LogP contribution in [0.4, 0.5) is 0 Å². The summed E-state index contributed by atoms with van der Waals surface area (Å²) in [6.07, 6.45) is 0.652. The second kappa shape index (κ2) is 7.75. The normalized spacial score (nSPS) is 14.0. The smallest absolute Gasteiger partial charge is 0.325 e. The average Bonchev–Trinajstić information content (AvgIpc) is 2.35. The zero-order valence-electron chi connectivity index (χ0n) is 13.7. The van der Waals surface area contributed by atoms with Gasteiger partial charge in [0, 0.05) is 23.2 Å². The summed E-state index contributed by atoms with van der Waals surface area (Å²) < 4.78 is 4.92. The first kappa shape index (κ1) is 17.9. The number of hydrogen-bond acceptors (Lipinski definition) is 6. The van der Waals surface area contributed by atoms with Gasteiger partial charge in [0.15, 0.2) is 5.16 Å². The number of esters is 1. The monoisotopic (exact) mass is 311 g/mol. The van der Waals surface area contributed by atoms with E-state index in [0.29, 0.717) is 6.42 Å². The molecule has 0 aliphatic rings. The maximum Gasteiger partial charge on any atom is 0.325 e. The predicted molar refractivity (Wildman–Crippen MR) is 85.5 cm³/mol. The van der Waals surface area contributed by atoms with Crippen molar-refractivity contribution in [1.82, 2.24) is 15.3 Å². The second-order valence-electron chi connectivity index (χ2n) is 5.65. The van der Waals surface area contributed by atoms with Crippen molar-refractivity contribution in [2.75, 3.05) is 12.9 Å². The highest BCUT2D eigenvalue weighted by atomic mass is 32.2. The number of carbonyl (C=O) groups is 1. The van der Waals surface area contributed by atoms with E-state index < -0.39 is 5.54 Å². The van der Waals surface area contributed by atoms with E-state index in [2.05, 4.69) is 15.3 Å². The highest BCUT2D eigenvalue weighted by molar-refractivity contribution is 7.99. The molecule has 0 amide bonds. The molecule has 118 valence electrons. The number of aromatic nitrogens is 2. The van der Waals surface area contributed by atoms with Crippen LogP contribution in [0.15, 0.2) is 11.2 Å². The Balaban J connectivity index is 2.67. The van der Waals surface area contributed by atoms with Gasteiger partial charge in [0.2, 0.25) is 0 Å². The van der Waals surface area contributed by atoms with Crippen LogP contribution in [0.25, 0.3) is 0 Å². The molecule has 1 N–H and O–H groups in total. The number of rotatable bonds is 7. The summed E-state index contributed by atoms with van der Waals surface area (Å²) in [4.78, 5) is 20.8. The van der Waals surface area contributed by atoms with Crippen molar-refractivity contribution in [3.8, 4) is 0 Å². The fourth-order valence-corrected chi connectivity index (χ4v) is 3.31. The summed E-state index contributed by atoms with van der Waals surface area (Å²) >= 11 is 1.56. The molecular weight excluding hydrogens is 286 g/mol. The van der Waals surface area contributed by atoms with Gasteiger partial charge in [0.25, 0.3) is 0 Å². The maximum atomic E-state index is 12.0. The lowest BCUT2D eigenvalue weighted by Gasteiger charge is -2.30. The first-order chi connectivity index (χ1) is 9.76. The highest BCUT2D eigenvalue weighted by Crippen LogP contribution is 2.21. The van der Waals surface area contributed by atoms with Gasteiger partial charge in [-0.15, -0.1) is 0 Å². The molecule has 0 radical (unpaired) electrons. The minimum atomic E-state index is -0.686. The van der Waals surface area contributed by atoms with Gasteiger partial charge >= 0.3 is 5.97 Å². The molecule has 6 heteroatoms. The average molecular weight is 311 g/mol. The van der Waals surface area contributed by atoms with E-state index in [1.165, 1.54) is 7.11 Å². The van der Waals surface area contributed by atoms with Gasteiger partial charge in [-0.1, -0.05) is 11.8 Å². The predicted octanol–water partition coefficient (Wildman–Crippen LogP) is 2.51. The summed E-state index contributed by atoms with van der Waals surface area (Å²) in [6.45, 7) is 9.82. The third kappa shape index (κ3) is 5.63. The SMILES string of the molecule is COC(=O)C(C)(CCSc1nc(C)cc(C)n1)NC(C)C. The van der Waals surface area contributed by atoms with Gasteiger partial charge in [0.1, 0.15) is 5.54 Å². The summed E-state index contributed by atoms with van der Waals surface area (Å²) in [5, 5.41) is 4.04. The number of aryl methyl sites for hydroxylation is 2. The van der Waals surface area contributed by atoms with Crippen molar-refractivity contribution in [1.29, 1.82) is 0 Å². The van der Waals surface area contributed by atoms with Crippen LogP contribution in [0.3, 0.4) is 0 Å². The van der Waals surface area contributed by atoms with Gasteiger partial charge in [-0.3, -0.25) is 10.1 Å². The third-order valence-corrected chi connectivity index (χ3v) is 3.89. The van der Waals surface area contributed by atoms with Gasteiger partial charge in [-0.05, 0) is 47.1 Å². The van der Waals surface area contributed by atoms with Crippen LogP contribution in [-0.2, 0) is 9.53 Å². The van der Waals surface area contributed by atoms with Crippen LogP contribution in [0.1, 0.15) is 38.6 Å². The minimum absolute atomic E-state index is 0.205. The van der Waals surface area contributed by atoms with E-state index in [4.69, 9.17) is 4.74 Å². The molecular formula is C15H25N3O2S. The van der Waals surface area contributed by atoms with Crippen LogP contribution >= 0.6 is 11.8 Å². The largest absolute Gasteiger partial charge is 0.468 e. The van der Waals surface area contributed by atoms with Crippen molar-refractivity contribution in [2.45, 2.75) is 57.8 Å². The fraction of sp³-hybridized carbons (Fsp3) is 0.667. The Labute approximate surface area is 131 Å². The number of methoxy groups -OCH3 is 1. The lowest BCUT2D eigenvalue weighted by molar-refractivity contribution is -0.148. The lowest BCUT2D eigenvalue weighted by Crippen LogP contribution is -2.53. The Bertz CT molecular complexity index is 474. The number of thioether (sulfide) groups is 1. The zero-order chi connectivity index (χ0) is 16.0. The summed E-state index contributed by atoms with van der Waals surface area (Å²) in [5.74, 6) is 0.506. The Morgan fingerprint density at radius 2 is 1.95 bits per heavy atom. The topological polar surface area (TPSA) is 64.1 Å². The van der Waals surface area contributed by atoms with Gasteiger partial charge in [0.05, 0.1) is 7.11 Å². The molecule has 0 saturated carbocycles. The molecule has 1 heterocycles. The molecule has 1 atom stereocenters. The zero-order valence-corrected chi connectivity index (χ0v) is 14.5. The van der Waals surface area contributed by atoms with Crippen LogP contribution in [-0.4, -0.2) is 40.4 Å². The molecule has 21 heavy (non-hydrogen) atoms. The van der Waals surface area contributed by atoms with E-state index in [9.17, 15) is 4.79 Å². The van der Waals surface area contributed by atoms with Crippen molar-refractivity contribution >= 4 is 17.7 Å². The molecule has 1 aromatic heterocycles. The molecule has 1 aromatic rings. The van der Waals surface area contributed by atoms with Crippen LogP contribution < -0.4 is 5.32 Å². The molecule has 1 unspecified atom stereocenters. The Kier molecular flexibility index (Phi) is 6.61. The van der Waals surface area contributed by atoms with Gasteiger partial charge in [-0.25, -0.2) is 9.97 Å². The Morgan fingerprint density at radius 1 is 1.38 bits per heavy atom. The molecule has 5 nitrogen and oxygen atoms in total. The summed E-state index contributed by atoms with van der Waals surface area (Å²) in [5.41, 5.74) is 1.23. The molecule has 0 aromatic carbocycles. The molecule has 1 rings (SSSR count). The molecule has 0 bridgehead atoms. The number of nitrogens with zero attached hydrogens (tertiary/aromatic N) is 2. The van der Waals surface area contributed by atoms with Crippen molar-refractivity contribution in [3.63, 3.8) is 0 Å². The van der Waals surface area contributed by atoms with Crippen LogP contribution in [0.5, 0.6) is 0 Å². The number of hydrogen-bond donors (Lipinski definition) is 1. The number of nitrogens with one attached hydrogen (secondary N) is 1. The second-order valence-corrected chi connectivity index (χ2v) is 6.72. The first-order valence-corrected chi connectivity index (χ1v) is 8.06. The number of ether oxygens (including phenoxy) is 1.